The number of nitrogens with one attached hydrogen (secondary N) is 2. The lowest BCUT2D eigenvalue weighted by molar-refractivity contribution is 0.0303. The summed E-state index contributed by atoms with van der Waals surface area (Å²) in [6.07, 6.45) is 1.72. The molecule has 0 bridgehead atoms. The maximum Gasteiger partial charge on any atom is 0.226 e. The maximum absolute atomic E-state index is 10.1. The molecule has 8 nitrogen and oxygen atoms in total. The van der Waals surface area contributed by atoms with Gasteiger partial charge < -0.3 is 26.0 Å². The van der Waals surface area contributed by atoms with E-state index in [1.807, 2.05) is 43.7 Å². The third kappa shape index (κ3) is 4.33. The molecule has 2 heterocycles. The van der Waals surface area contributed by atoms with E-state index in [1.165, 1.54) is 0 Å². The Hall–Kier alpha value is -2.87. The fourth-order valence-corrected chi connectivity index (χ4v) is 2.76. The van der Waals surface area contributed by atoms with Gasteiger partial charge in [0.2, 0.25) is 5.95 Å². The molecular formula is C20H29N7O. The number of nitrogens with zero attached hydrogens (tertiary/aromatic N) is 4. The molecule has 0 saturated heterocycles. The second-order valence-electron chi connectivity index (χ2n) is 7.91. The average molecular weight is 384 g/mol. The molecule has 3 aromatic rings. The summed E-state index contributed by atoms with van der Waals surface area (Å²) in [5.74, 6) is 1.16. The molecule has 3 rings (SSSR count). The van der Waals surface area contributed by atoms with Crippen molar-refractivity contribution in [1.82, 2.24) is 19.5 Å². The van der Waals surface area contributed by atoms with E-state index in [2.05, 4.69) is 25.6 Å². The fourth-order valence-electron chi connectivity index (χ4n) is 2.76. The first-order valence-corrected chi connectivity index (χ1v) is 9.39. The number of hydrogen-bond acceptors (Lipinski definition) is 7. The topological polar surface area (TPSA) is 114 Å². The van der Waals surface area contributed by atoms with Crippen molar-refractivity contribution in [2.75, 3.05) is 22.9 Å². The van der Waals surface area contributed by atoms with Crippen LogP contribution in [0.15, 0.2) is 24.5 Å². The highest BCUT2D eigenvalue weighted by Crippen LogP contribution is 2.23. The van der Waals surface area contributed by atoms with Crippen LogP contribution in [0.5, 0.6) is 0 Å². The molecule has 8 heteroatoms. The standard InChI is InChI=1S/C20H29N7O/c1-12-6-7-14(15(21)8-12)10-22-17-16-18(27(5)11-24-16)26-19(25-17)23-9-13(2)20(3,4)28/h6-8,11,13,28H,9-10,21H2,1-5H3,(H2,22,23,25,26). The van der Waals surface area contributed by atoms with Gasteiger partial charge in [0.25, 0.3) is 0 Å². The highest BCUT2D eigenvalue weighted by atomic mass is 16.3. The smallest absolute Gasteiger partial charge is 0.226 e. The molecule has 5 N–H and O–H groups in total. The second-order valence-corrected chi connectivity index (χ2v) is 7.91. The van der Waals surface area contributed by atoms with Crippen LogP contribution < -0.4 is 16.4 Å². The number of hydrogen-bond donors (Lipinski definition) is 4. The Morgan fingerprint density at radius 1 is 1.25 bits per heavy atom. The van der Waals surface area contributed by atoms with Crippen molar-refractivity contribution in [3.8, 4) is 0 Å². The van der Waals surface area contributed by atoms with E-state index in [-0.39, 0.29) is 5.92 Å². The molecule has 1 unspecified atom stereocenters. The van der Waals surface area contributed by atoms with Crippen LogP contribution in [0.1, 0.15) is 31.9 Å². The minimum absolute atomic E-state index is 0.0297. The van der Waals surface area contributed by atoms with E-state index in [1.54, 1.807) is 20.2 Å². The summed E-state index contributed by atoms with van der Waals surface area (Å²) in [7, 11) is 1.90. The van der Waals surface area contributed by atoms with Crippen LogP contribution in [-0.4, -0.2) is 36.8 Å². The van der Waals surface area contributed by atoms with Crippen LogP contribution in [0.2, 0.25) is 0 Å². The molecule has 0 aliphatic heterocycles. The van der Waals surface area contributed by atoms with E-state index in [9.17, 15) is 5.11 Å². The highest BCUT2D eigenvalue weighted by molar-refractivity contribution is 5.84. The van der Waals surface area contributed by atoms with E-state index in [0.29, 0.717) is 30.4 Å². The molecule has 28 heavy (non-hydrogen) atoms. The lowest BCUT2D eigenvalue weighted by Gasteiger charge is -2.25. The summed E-state index contributed by atoms with van der Waals surface area (Å²) in [5.41, 5.74) is 9.65. The summed E-state index contributed by atoms with van der Waals surface area (Å²) in [4.78, 5) is 13.6. The van der Waals surface area contributed by atoms with E-state index in [4.69, 9.17) is 5.73 Å². The number of fused-ring (bicyclic) bond motifs is 1. The largest absolute Gasteiger partial charge is 0.398 e. The van der Waals surface area contributed by atoms with E-state index < -0.39 is 5.60 Å². The molecule has 0 saturated carbocycles. The lowest BCUT2D eigenvalue weighted by Crippen LogP contribution is -2.33. The number of imidazole rings is 1. The Kier molecular flexibility index (Phi) is 5.42. The number of aromatic nitrogens is 4. The number of nitrogen functional groups attached to an aromatic ring is 1. The van der Waals surface area contributed by atoms with Gasteiger partial charge in [-0.25, -0.2) is 4.98 Å². The van der Waals surface area contributed by atoms with Crippen LogP contribution in [0.3, 0.4) is 0 Å². The van der Waals surface area contributed by atoms with Crippen LogP contribution >= 0.6 is 0 Å². The molecular weight excluding hydrogens is 354 g/mol. The third-order valence-corrected chi connectivity index (χ3v) is 5.08. The Morgan fingerprint density at radius 3 is 2.68 bits per heavy atom. The van der Waals surface area contributed by atoms with E-state index >= 15 is 0 Å². The number of benzene rings is 1. The number of anilines is 3. The highest BCUT2D eigenvalue weighted by Gasteiger charge is 2.22. The summed E-state index contributed by atoms with van der Waals surface area (Å²) in [6.45, 7) is 8.68. The van der Waals surface area contributed by atoms with Gasteiger partial charge in [0.1, 0.15) is 0 Å². The number of rotatable bonds is 7. The first-order valence-electron chi connectivity index (χ1n) is 9.39. The van der Waals surface area contributed by atoms with Crippen molar-refractivity contribution >= 4 is 28.6 Å². The number of aliphatic hydroxyl groups is 1. The Bertz CT molecular complexity index is 975. The molecule has 1 atom stereocenters. The number of nitrogens with two attached hydrogens (primary N) is 1. The molecule has 0 aliphatic rings. The summed E-state index contributed by atoms with van der Waals surface area (Å²) in [6, 6.07) is 6.01. The van der Waals surface area contributed by atoms with Gasteiger partial charge in [-0.1, -0.05) is 19.1 Å². The maximum atomic E-state index is 10.1. The molecule has 0 fully saturated rings. The summed E-state index contributed by atoms with van der Waals surface area (Å²) >= 11 is 0. The van der Waals surface area contributed by atoms with Crippen molar-refractivity contribution in [2.45, 2.75) is 39.8 Å². The van der Waals surface area contributed by atoms with E-state index in [0.717, 1.165) is 22.5 Å². The van der Waals surface area contributed by atoms with Crippen molar-refractivity contribution in [3.63, 3.8) is 0 Å². The van der Waals surface area contributed by atoms with Crippen LogP contribution in [0, 0.1) is 12.8 Å². The van der Waals surface area contributed by atoms with Gasteiger partial charge in [-0.15, -0.1) is 0 Å². The third-order valence-electron chi connectivity index (χ3n) is 5.08. The van der Waals surface area contributed by atoms with Crippen molar-refractivity contribution in [3.05, 3.63) is 35.7 Å². The quantitative estimate of drug-likeness (QED) is 0.464. The molecule has 150 valence electrons. The van der Waals surface area contributed by atoms with Crippen molar-refractivity contribution in [2.24, 2.45) is 13.0 Å². The van der Waals surface area contributed by atoms with Gasteiger partial charge >= 0.3 is 0 Å². The normalized spacial score (nSPS) is 12.9. The average Bonchev–Trinajstić information content (AvgIpc) is 2.99. The van der Waals surface area contributed by atoms with Crippen LogP contribution in [0.4, 0.5) is 17.5 Å². The molecule has 0 aliphatic carbocycles. The van der Waals surface area contributed by atoms with Gasteiger partial charge in [-0.2, -0.15) is 9.97 Å². The molecule has 1 aromatic carbocycles. The van der Waals surface area contributed by atoms with Gasteiger partial charge in [-0.3, -0.25) is 0 Å². The fraction of sp³-hybridized carbons (Fsp3) is 0.450. The first-order chi connectivity index (χ1) is 13.1. The Labute approximate surface area is 165 Å². The number of aryl methyl sites for hydroxylation is 2. The molecule has 2 aromatic heterocycles. The molecule has 0 radical (unpaired) electrons. The molecule has 0 amide bonds. The van der Waals surface area contributed by atoms with Crippen molar-refractivity contribution in [1.29, 1.82) is 0 Å². The second kappa shape index (κ2) is 7.63. The molecule has 0 spiro atoms. The van der Waals surface area contributed by atoms with Gasteiger partial charge in [0, 0.05) is 31.7 Å². The zero-order chi connectivity index (χ0) is 20.5. The van der Waals surface area contributed by atoms with Crippen LogP contribution in [0.25, 0.3) is 11.2 Å². The summed E-state index contributed by atoms with van der Waals surface area (Å²) < 4.78 is 1.85. The van der Waals surface area contributed by atoms with Gasteiger partial charge in [0.15, 0.2) is 17.0 Å². The Morgan fingerprint density at radius 2 is 2.00 bits per heavy atom. The van der Waals surface area contributed by atoms with Gasteiger partial charge in [-0.05, 0) is 38.0 Å². The minimum Gasteiger partial charge on any atom is -0.398 e. The lowest BCUT2D eigenvalue weighted by atomic mass is 9.93. The zero-order valence-electron chi connectivity index (χ0n) is 17.1. The minimum atomic E-state index is -0.784. The Balaban J connectivity index is 1.84. The SMILES string of the molecule is Cc1ccc(CNc2nc(NCC(C)C(C)(C)O)nc3c2ncn3C)c(N)c1. The first kappa shape index (κ1) is 19.9. The monoisotopic (exact) mass is 383 g/mol. The summed E-state index contributed by atoms with van der Waals surface area (Å²) in [5, 5.41) is 16.7. The zero-order valence-corrected chi connectivity index (χ0v) is 17.1. The predicted molar refractivity (Wildman–Crippen MR) is 113 cm³/mol. The van der Waals surface area contributed by atoms with Crippen LogP contribution in [-0.2, 0) is 13.6 Å². The van der Waals surface area contributed by atoms with Crippen molar-refractivity contribution < 1.29 is 5.11 Å². The van der Waals surface area contributed by atoms with Gasteiger partial charge in [0.05, 0.1) is 11.9 Å². The predicted octanol–water partition coefficient (Wildman–Crippen LogP) is 2.68.